The molecule has 3 heterocycles. The van der Waals surface area contributed by atoms with Gasteiger partial charge in [0, 0.05) is 34.9 Å². The van der Waals surface area contributed by atoms with Crippen molar-refractivity contribution >= 4 is 39.8 Å². The first-order valence-corrected chi connectivity index (χ1v) is 8.22. The summed E-state index contributed by atoms with van der Waals surface area (Å²) in [5.41, 5.74) is 1.46. The van der Waals surface area contributed by atoms with Gasteiger partial charge in [-0.2, -0.15) is 9.50 Å². The lowest BCUT2D eigenvalue weighted by atomic mass is 10.3. The zero-order valence-corrected chi connectivity index (χ0v) is 13.8. The highest BCUT2D eigenvalue weighted by molar-refractivity contribution is 7.15. The zero-order valence-electron chi connectivity index (χ0n) is 12.2. The number of nitrogens with one attached hydrogen (secondary N) is 1. The summed E-state index contributed by atoms with van der Waals surface area (Å²) < 4.78 is 1.84. The molecule has 0 amide bonds. The number of hydrogen-bond acceptors (Lipinski definition) is 6. The molecule has 0 fully saturated rings. The lowest BCUT2D eigenvalue weighted by Crippen LogP contribution is -2.24. The third-order valence-electron chi connectivity index (χ3n) is 3.33. The summed E-state index contributed by atoms with van der Waals surface area (Å²) in [5, 5.41) is 8.02. The van der Waals surface area contributed by atoms with Crippen molar-refractivity contribution in [2.24, 2.45) is 0 Å². The molecule has 0 saturated carbocycles. The highest BCUT2D eigenvalue weighted by Gasteiger charge is 2.11. The topological polar surface area (TPSA) is 72.2 Å². The quantitative estimate of drug-likeness (QED) is 0.611. The van der Waals surface area contributed by atoms with Crippen molar-refractivity contribution < 1.29 is 0 Å². The van der Waals surface area contributed by atoms with Crippen molar-refractivity contribution in [3.05, 3.63) is 68.7 Å². The first-order valence-electron chi connectivity index (χ1n) is 7.03. The summed E-state index contributed by atoms with van der Waals surface area (Å²) in [6.45, 7) is 0. The highest BCUT2D eigenvalue weighted by Crippen LogP contribution is 2.15. The maximum absolute atomic E-state index is 12.4. The number of halogens is 1. The van der Waals surface area contributed by atoms with Crippen LogP contribution in [0.1, 0.15) is 0 Å². The molecule has 118 valence electrons. The number of benzene rings is 1. The molecule has 6 nitrogen and oxygen atoms in total. The van der Waals surface area contributed by atoms with Gasteiger partial charge in [-0.15, -0.1) is 5.10 Å². The Labute approximate surface area is 145 Å². The summed E-state index contributed by atoms with van der Waals surface area (Å²) in [6, 6.07) is 10.8. The van der Waals surface area contributed by atoms with Gasteiger partial charge in [0.2, 0.25) is 4.96 Å². The molecule has 0 aliphatic rings. The van der Waals surface area contributed by atoms with Crippen molar-refractivity contribution in [3.63, 3.8) is 0 Å². The normalized spacial score (nSPS) is 12.0. The number of nitrogens with zero attached hydrogens (tertiary/aromatic N) is 4. The number of anilines is 1. The van der Waals surface area contributed by atoms with Crippen LogP contribution in [0.2, 0.25) is 5.02 Å². The molecule has 0 atom stereocenters. The number of rotatable bonds is 3. The average molecular weight is 356 g/mol. The fraction of sp³-hybridized carbons (Fsp3) is 0. The minimum atomic E-state index is -0.204. The molecule has 0 saturated heterocycles. The van der Waals surface area contributed by atoms with Crippen molar-refractivity contribution in [2.75, 3.05) is 5.32 Å². The van der Waals surface area contributed by atoms with Gasteiger partial charge in [-0.25, -0.2) is 0 Å². The van der Waals surface area contributed by atoms with E-state index in [9.17, 15) is 4.79 Å². The standard InChI is InChI=1S/C16H10ClN5OS/c17-11-1-3-12(4-2-11)19-9-13-15(23)22-16(24-13)20-14(21-22)10-5-7-18-8-6-10/h1-9,19H/b13-9-. The van der Waals surface area contributed by atoms with Gasteiger partial charge in [0.15, 0.2) is 5.82 Å². The lowest BCUT2D eigenvalue weighted by molar-refractivity contribution is 0.936. The van der Waals surface area contributed by atoms with Crippen molar-refractivity contribution in [1.29, 1.82) is 0 Å². The summed E-state index contributed by atoms with van der Waals surface area (Å²) in [5.74, 6) is 0.512. The Morgan fingerprint density at radius 2 is 1.88 bits per heavy atom. The second-order valence-corrected chi connectivity index (χ2v) is 6.38. The van der Waals surface area contributed by atoms with Gasteiger partial charge in [0.05, 0.1) is 0 Å². The van der Waals surface area contributed by atoms with Gasteiger partial charge in [0.25, 0.3) is 5.56 Å². The van der Waals surface area contributed by atoms with Crippen molar-refractivity contribution in [3.8, 4) is 11.4 Å². The van der Waals surface area contributed by atoms with Crippen LogP contribution >= 0.6 is 22.9 Å². The summed E-state index contributed by atoms with van der Waals surface area (Å²) in [4.78, 5) is 21.3. The van der Waals surface area contributed by atoms with Crippen LogP contribution in [0, 0.1) is 0 Å². The highest BCUT2D eigenvalue weighted by atomic mass is 35.5. The monoisotopic (exact) mass is 355 g/mol. The average Bonchev–Trinajstić information content (AvgIpc) is 3.15. The first-order chi connectivity index (χ1) is 11.7. The maximum Gasteiger partial charge on any atom is 0.292 e. The van der Waals surface area contributed by atoms with Gasteiger partial charge in [-0.3, -0.25) is 9.78 Å². The molecule has 1 N–H and O–H groups in total. The van der Waals surface area contributed by atoms with Crippen LogP contribution in [-0.2, 0) is 0 Å². The van der Waals surface area contributed by atoms with E-state index in [1.807, 2.05) is 12.1 Å². The van der Waals surface area contributed by atoms with Crippen LogP contribution < -0.4 is 15.4 Å². The Kier molecular flexibility index (Phi) is 3.72. The Morgan fingerprint density at radius 1 is 1.12 bits per heavy atom. The first kappa shape index (κ1) is 14.8. The molecule has 0 unspecified atom stereocenters. The van der Waals surface area contributed by atoms with Crippen LogP contribution in [0.3, 0.4) is 0 Å². The van der Waals surface area contributed by atoms with Crippen LogP contribution in [0.4, 0.5) is 5.69 Å². The largest absolute Gasteiger partial charge is 0.360 e. The van der Waals surface area contributed by atoms with Gasteiger partial charge in [0.1, 0.15) is 4.53 Å². The Hall–Kier alpha value is -2.77. The van der Waals surface area contributed by atoms with E-state index in [4.69, 9.17) is 11.6 Å². The molecular formula is C16H10ClN5OS. The van der Waals surface area contributed by atoms with E-state index in [0.29, 0.717) is 20.3 Å². The van der Waals surface area contributed by atoms with Crippen molar-refractivity contribution in [2.45, 2.75) is 0 Å². The SMILES string of the molecule is O=c1/c(=C/Nc2ccc(Cl)cc2)sc2nc(-c3ccncc3)nn12. The molecule has 0 aliphatic heterocycles. The molecule has 0 spiro atoms. The van der Waals surface area contributed by atoms with E-state index in [1.165, 1.54) is 15.9 Å². The fourth-order valence-electron chi connectivity index (χ4n) is 2.15. The smallest absolute Gasteiger partial charge is 0.292 e. The third-order valence-corrected chi connectivity index (χ3v) is 4.55. The van der Waals surface area contributed by atoms with E-state index in [0.717, 1.165) is 11.3 Å². The Bertz CT molecular complexity index is 1110. The molecule has 0 bridgehead atoms. The van der Waals surface area contributed by atoms with Gasteiger partial charge >= 0.3 is 0 Å². The summed E-state index contributed by atoms with van der Waals surface area (Å²) in [6.07, 6.45) is 4.98. The number of pyridine rings is 1. The van der Waals surface area contributed by atoms with Gasteiger partial charge in [-0.1, -0.05) is 22.9 Å². The molecule has 8 heteroatoms. The molecule has 4 aromatic rings. The summed E-state index contributed by atoms with van der Waals surface area (Å²) in [7, 11) is 0. The van der Waals surface area contributed by atoms with Gasteiger partial charge < -0.3 is 5.32 Å². The van der Waals surface area contributed by atoms with E-state index < -0.39 is 0 Å². The van der Waals surface area contributed by atoms with Crippen molar-refractivity contribution in [1.82, 2.24) is 19.6 Å². The second kappa shape index (κ2) is 6.03. The predicted octanol–water partition coefficient (Wildman–Crippen LogP) is 2.44. The van der Waals surface area contributed by atoms with Crippen LogP contribution in [0.15, 0.2) is 53.6 Å². The molecule has 4 rings (SSSR count). The Morgan fingerprint density at radius 3 is 2.58 bits per heavy atom. The zero-order chi connectivity index (χ0) is 16.5. The number of hydrogen-bond donors (Lipinski definition) is 1. The minimum absolute atomic E-state index is 0.204. The molecular weight excluding hydrogens is 346 g/mol. The van der Waals surface area contributed by atoms with E-state index >= 15 is 0 Å². The molecule has 0 aliphatic carbocycles. The minimum Gasteiger partial charge on any atom is -0.360 e. The second-order valence-electron chi connectivity index (χ2n) is 4.93. The third kappa shape index (κ3) is 2.75. The summed E-state index contributed by atoms with van der Waals surface area (Å²) >= 11 is 7.13. The van der Waals surface area contributed by atoms with E-state index in [2.05, 4.69) is 20.4 Å². The molecule has 0 radical (unpaired) electrons. The molecule has 24 heavy (non-hydrogen) atoms. The predicted molar refractivity (Wildman–Crippen MR) is 95.1 cm³/mol. The molecule has 1 aromatic carbocycles. The lowest BCUT2D eigenvalue weighted by Gasteiger charge is -1.98. The van der Waals surface area contributed by atoms with Crippen LogP contribution in [0.25, 0.3) is 22.5 Å². The Balaban J connectivity index is 1.69. The van der Waals surface area contributed by atoms with Gasteiger partial charge in [-0.05, 0) is 36.4 Å². The maximum atomic E-state index is 12.4. The molecule has 3 aromatic heterocycles. The van der Waals surface area contributed by atoms with Crippen LogP contribution in [-0.4, -0.2) is 19.6 Å². The number of thiazole rings is 1. The number of aromatic nitrogens is 4. The van der Waals surface area contributed by atoms with Crippen LogP contribution in [0.5, 0.6) is 0 Å². The van der Waals surface area contributed by atoms with E-state index in [-0.39, 0.29) is 5.56 Å². The fourth-order valence-corrected chi connectivity index (χ4v) is 3.11. The van der Waals surface area contributed by atoms with E-state index in [1.54, 1.807) is 42.9 Å². The number of fused-ring (bicyclic) bond motifs is 1.